The van der Waals surface area contributed by atoms with Crippen molar-refractivity contribution in [1.82, 2.24) is 5.32 Å². The fourth-order valence-electron chi connectivity index (χ4n) is 1.36. The Kier molecular flexibility index (Phi) is 5.83. The average molecular weight is 212 g/mol. The van der Waals surface area contributed by atoms with Crippen LogP contribution in [0.3, 0.4) is 0 Å². The summed E-state index contributed by atoms with van der Waals surface area (Å²) in [6.45, 7) is 4.07. The van der Waals surface area contributed by atoms with Crippen LogP contribution in [0, 0.1) is 0 Å². The molecule has 0 spiro atoms. The maximum absolute atomic E-state index is 5.94. The topological polar surface area (TPSA) is 38.0 Å². The zero-order valence-corrected chi connectivity index (χ0v) is 9.65. The van der Waals surface area contributed by atoms with Crippen LogP contribution in [0.2, 0.25) is 0 Å². The number of thiophene rings is 1. The Balaban J connectivity index is 2.03. The van der Waals surface area contributed by atoms with Crippen molar-refractivity contribution in [2.24, 2.45) is 5.73 Å². The number of hydrogen-bond acceptors (Lipinski definition) is 3. The Morgan fingerprint density at radius 2 is 2.43 bits per heavy atom. The summed E-state index contributed by atoms with van der Waals surface area (Å²) >= 11 is 1.74. The Labute approximate surface area is 90.5 Å². The lowest BCUT2D eigenvalue weighted by Gasteiger charge is -2.11. The molecule has 1 aromatic heterocycles. The Hall–Kier alpha value is -0.380. The first-order valence-corrected chi connectivity index (χ1v) is 6.24. The molecule has 3 heteroatoms. The van der Waals surface area contributed by atoms with E-state index in [4.69, 9.17) is 5.73 Å². The van der Waals surface area contributed by atoms with Crippen molar-refractivity contribution >= 4 is 11.3 Å². The molecule has 0 bridgehead atoms. The van der Waals surface area contributed by atoms with E-state index in [-0.39, 0.29) is 0 Å². The molecular formula is C11H20N2S. The molecule has 1 heterocycles. The quantitative estimate of drug-likeness (QED) is 0.728. The standard InChI is InChI=1S/C11H20N2S/c1-2-3-4-11(12)8-13-7-10-5-6-14-9-10/h5-6,9,11,13H,2-4,7-8,12H2,1H3. The third-order valence-corrected chi connectivity index (χ3v) is 2.98. The molecule has 0 saturated carbocycles. The van der Waals surface area contributed by atoms with Gasteiger partial charge in [0.05, 0.1) is 0 Å². The summed E-state index contributed by atoms with van der Waals surface area (Å²) in [7, 11) is 0. The van der Waals surface area contributed by atoms with Gasteiger partial charge in [0.15, 0.2) is 0 Å². The summed E-state index contributed by atoms with van der Waals surface area (Å²) in [5, 5.41) is 7.65. The molecule has 80 valence electrons. The number of hydrogen-bond donors (Lipinski definition) is 2. The van der Waals surface area contributed by atoms with E-state index in [1.807, 2.05) is 0 Å². The first-order valence-electron chi connectivity index (χ1n) is 5.30. The van der Waals surface area contributed by atoms with E-state index in [2.05, 4.69) is 29.1 Å². The SMILES string of the molecule is CCCCC(N)CNCc1ccsc1. The first-order chi connectivity index (χ1) is 6.83. The maximum atomic E-state index is 5.94. The molecule has 0 amide bonds. The van der Waals surface area contributed by atoms with Gasteiger partial charge >= 0.3 is 0 Å². The largest absolute Gasteiger partial charge is 0.327 e. The number of unbranched alkanes of at least 4 members (excludes halogenated alkanes) is 1. The van der Waals surface area contributed by atoms with E-state index >= 15 is 0 Å². The normalized spacial score (nSPS) is 13.0. The smallest absolute Gasteiger partial charge is 0.0214 e. The number of rotatable bonds is 7. The summed E-state index contributed by atoms with van der Waals surface area (Å²) < 4.78 is 0. The van der Waals surface area contributed by atoms with Gasteiger partial charge in [-0.3, -0.25) is 0 Å². The minimum atomic E-state index is 0.314. The first kappa shape index (κ1) is 11.7. The van der Waals surface area contributed by atoms with E-state index in [9.17, 15) is 0 Å². The maximum Gasteiger partial charge on any atom is 0.0214 e. The molecule has 0 aliphatic rings. The van der Waals surface area contributed by atoms with E-state index in [1.54, 1.807) is 11.3 Å². The van der Waals surface area contributed by atoms with Crippen LogP contribution in [-0.4, -0.2) is 12.6 Å². The molecule has 1 atom stereocenters. The van der Waals surface area contributed by atoms with Gasteiger partial charge in [-0.1, -0.05) is 19.8 Å². The van der Waals surface area contributed by atoms with Crippen molar-refractivity contribution in [3.63, 3.8) is 0 Å². The van der Waals surface area contributed by atoms with Crippen molar-refractivity contribution in [2.75, 3.05) is 6.54 Å². The molecule has 0 aliphatic heterocycles. The van der Waals surface area contributed by atoms with Crippen molar-refractivity contribution in [3.05, 3.63) is 22.4 Å². The predicted molar refractivity (Wildman–Crippen MR) is 63.5 cm³/mol. The highest BCUT2D eigenvalue weighted by Crippen LogP contribution is 2.05. The summed E-state index contributed by atoms with van der Waals surface area (Å²) in [6, 6.07) is 2.46. The summed E-state index contributed by atoms with van der Waals surface area (Å²) in [5.74, 6) is 0. The van der Waals surface area contributed by atoms with Gasteiger partial charge in [-0.25, -0.2) is 0 Å². The van der Waals surface area contributed by atoms with E-state index in [0.717, 1.165) is 19.5 Å². The van der Waals surface area contributed by atoms with Gasteiger partial charge in [0.1, 0.15) is 0 Å². The summed E-state index contributed by atoms with van der Waals surface area (Å²) in [4.78, 5) is 0. The molecule has 0 fully saturated rings. The lowest BCUT2D eigenvalue weighted by molar-refractivity contribution is 0.524. The number of nitrogens with one attached hydrogen (secondary N) is 1. The zero-order chi connectivity index (χ0) is 10.2. The molecule has 1 unspecified atom stereocenters. The van der Waals surface area contributed by atoms with Crippen LogP contribution in [0.4, 0.5) is 0 Å². The Morgan fingerprint density at radius 3 is 3.07 bits per heavy atom. The van der Waals surface area contributed by atoms with Gasteiger partial charge in [-0.15, -0.1) is 0 Å². The third-order valence-electron chi connectivity index (χ3n) is 2.24. The Morgan fingerprint density at radius 1 is 1.57 bits per heavy atom. The second kappa shape index (κ2) is 6.98. The van der Waals surface area contributed by atoms with Crippen LogP contribution < -0.4 is 11.1 Å². The molecule has 1 aromatic rings. The average Bonchev–Trinajstić information content (AvgIpc) is 2.67. The van der Waals surface area contributed by atoms with Crippen LogP contribution in [0.1, 0.15) is 31.7 Å². The number of nitrogens with two attached hydrogens (primary N) is 1. The van der Waals surface area contributed by atoms with Crippen LogP contribution in [0.15, 0.2) is 16.8 Å². The zero-order valence-electron chi connectivity index (χ0n) is 8.83. The molecule has 1 rings (SSSR count). The molecule has 0 aromatic carbocycles. The van der Waals surface area contributed by atoms with Gasteiger partial charge in [-0.05, 0) is 28.8 Å². The van der Waals surface area contributed by atoms with Gasteiger partial charge in [-0.2, -0.15) is 11.3 Å². The minimum absolute atomic E-state index is 0.314. The lowest BCUT2D eigenvalue weighted by Crippen LogP contribution is -2.33. The molecular weight excluding hydrogens is 192 g/mol. The highest BCUT2D eigenvalue weighted by Gasteiger charge is 2.00. The summed E-state index contributed by atoms with van der Waals surface area (Å²) in [6.07, 6.45) is 3.60. The predicted octanol–water partition coefficient (Wildman–Crippen LogP) is 2.36. The van der Waals surface area contributed by atoms with Gasteiger partial charge in [0.25, 0.3) is 0 Å². The molecule has 2 nitrogen and oxygen atoms in total. The monoisotopic (exact) mass is 212 g/mol. The van der Waals surface area contributed by atoms with Crippen LogP contribution in [-0.2, 0) is 6.54 Å². The van der Waals surface area contributed by atoms with Crippen molar-refractivity contribution < 1.29 is 0 Å². The Bertz CT molecular complexity index is 221. The molecule has 0 saturated heterocycles. The second-order valence-corrected chi connectivity index (χ2v) is 4.44. The molecule has 3 N–H and O–H groups in total. The van der Waals surface area contributed by atoms with Crippen molar-refractivity contribution in [3.8, 4) is 0 Å². The lowest BCUT2D eigenvalue weighted by atomic mass is 10.1. The van der Waals surface area contributed by atoms with Crippen molar-refractivity contribution in [2.45, 2.75) is 38.8 Å². The highest BCUT2D eigenvalue weighted by atomic mass is 32.1. The van der Waals surface area contributed by atoms with E-state index in [0.29, 0.717) is 6.04 Å². The third kappa shape index (κ3) is 4.74. The van der Waals surface area contributed by atoms with Gasteiger partial charge < -0.3 is 11.1 Å². The van der Waals surface area contributed by atoms with Crippen LogP contribution in [0.25, 0.3) is 0 Å². The van der Waals surface area contributed by atoms with E-state index < -0.39 is 0 Å². The fourth-order valence-corrected chi connectivity index (χ4v) is 2.03. The summed E-state index contributed by atoms with van der Waals surface area (Å²) in [5.41, 5.74) is 7.30. The van der Waals surface area contributed by atoms with Crippen LogP contribution >= 0.6 is 11.3 Å². The minimum Gasteiger partial charge on any atom is -0.327 e. The molecule has 0 radical (unpaired) electrons. The van der Waals surface area contributed by atoms with Crippen LogP contribution in [0.5, 0.6) is 0 Å². The highest BCUT2D eigenvalue weighted by molar-refractivity contribution is 7.07. The second-order valence-electron chi connectivity index (χ2n) is 3.66. The van der Waals surface area contributed by atoms with Gasteiger partial charge in [0.2, 0.25) is 0 Å². The van der Waals surface area contributed by atoms with E-state index in [1.165, 1.54) is 18.4 Å². The molecule has 14 heavy (non-hydrogen) atoms. The fraction of sp³-hybridized carbons (Fsp3) is 0.636. The van der Waals surface area contributed by atoms with Crippen molar-refractivity contribution in [1.29, 1.82) is 0 Å². The van der Waals surface area contributed by atoms with Gasteiger partial charge in [0, 0.05) is 19.1 Å². The molecule has 0 aliphatic carbocycles.